The zero-order chi connectivity index (χ0) is 18.0. The zero-order valence-electron chi connectivity index (χ0n) is 14.0. The van der Waals surface area contributed by atoms with Crippen molar-refractivity contribution in [2.45, 2.75) is 19.4 Å². The fourth-order valence-corrected chi connectivity index (χ4v) is 3.02. The van der Waals surface area contributed by atoms with Crippen LogP contribution in [-0.2, 0) is 11.2 Å². The summed E-state index contributed by atoms with van der Waals surface area (Å²) in [5, 5.41) is 2.90. The Balaban J connectivity index is 1.60. The summed E-state index contributed by atoms with van der Waals surface area (Å²) in [6.45, 7) is 2.34. The summed E-state index contributed by atoms with van der Waals surface area (Å²) in [7, 11) is 1.36. The third-order valence-corrected chi connectivity index (χ3v) is 5.02. The predicted octanol–water partition coefficient (Wildman–Crippen LogP) is 3.28. The average molecular weight is 404 g/mol. The lowest BCUT2D eigenvalue weighted by atomic mass is 10.1. The highest BCUT2D eigenvalue weighted by molar-refractivity contribution is 9.10. The fourth-order valence-electron chi connectivity index (χ4n) is 2.77. The number of amides is 1. The molecule has 0 spiro atoms. The molecule has 25 heavy (non-hydrogen) atoms. The number of benzene rings is 2. The van der Waals surface area contributed by atoms with Crippen LogP contribution in [0.1, 0.15) is 31.8 Å². The van der Waals surface area contributed by atoms with Crippen molar-refractivity contribution in [3.05, 3.63) is 63.1 Å². The predicted molar refractivity (Wildman–Crippen MR) is 97.1 cm³/mol. The average Bonchev–Trinajstić information content (AvgIpc) is 3.03. The molecule has 0 fully saturated rings. The molecule has 0 aliphatic carbocycles. The van der Waals surface area contributed by atoms with E-state index < -0.39 is 0 Å². The van der Waals surface area contributed by atoms with Crippen molar-refractivity contribution in [3.63, 3.8) is 0 Å². The Bertz CT molecular complexity index is 834. The van der Waals surface area contributed by atoms with E-state index in [-0.39, 0.29) is 18.0 Å². The number of fused-ring (bicyclic) bond motifs is 1. The lowest BCUT2D eigenvalue weighted by Crippen LogP contribution is -2.34. The van der Waals surface area contributed by atoms with Gasteiger partial charge in [0.15, 0.2) is 0 Å². The van der Waals surface area contributed by atoms with Crippen LogP contribution in [0.5, 0.6) is 5.75 Å². The van der Waals surface area contributed by atoms with Crippen molar-refractivity contribution >= 4 is 27.8 Å². The molecule has 1 heterocycles. The van der Waals surface area contributed by atoms with E-state index in [0.717, 1.165) is 21.3 Å². The number of methoxy groups -OCH3 is 1. The molecule has 0 aromatic heterocycles. The number of rotatable bonds is 4. The number of ether oxygens (including phenoxy) is 2. The van der Waals surface area contributed by atoms with Gasteiger partial charge < -0.3 is 14.8 Å². The number of hydrogen-bond acceptors (Lipinski definition) is 4. The number of halogens is 1. The van der Waals surface area contributed by atoms with Crippen LogP contribution in [0.15, 0.2) is 40.9 Å². The van der Waals surface area contributed by atoms with E-state index in [9.17, 15) is 9.59 Å². The first-order valence-electron chi connectivity index (χ1n) is 7.90. The maximum absolute atomic E-state index is 12.3. The van der Waals surface area contributed by atoms with Crippen molar-refractivity contribution in [1.82, 2.24) is 5.32 Å². The van der Waals surface area contributed by atoms with E-state index in [1.54, 1.807) is 24.3 Å². The molecule has 0 bridgehead atoms. The van der Waals surface area contributed by atoms with E-state index in [2.05, 4.69) is 21.2 Å². The Morgan fingerprint density at radius 1 is 1.24 bits per heavy atom. The Morgan fingerprint density at radius 2 is 2.00 bits per heavy atom. The van der Waals surface area contributed by atoms with Crippen LogP contribution in [0.2, 0.25) is 0 Å². The highest BCUT2D eigenvalue weighted by Crippen LogP contribution is 2.29. The van der Waals surface area contributed by atoms with Crippen LogP contribution in [0.25, 0.3) is 0 Å². The Kier molecular flexibility index (Phi) is 5.08. The molecule has 0 radical (unpaired) electrons. The third-order valence-electron chi connectivity index (χ3n) is 4.13. The van der Waals surface area contributed by atoms with E-state index in [4.69, 9.17) is 9.47 Å². The van der Waals surface area contributed by atoms with E-state index >= 15 is 0 Å². The first-order valence-corrected chi connectivity index (χ1v) is 8.69. The van der Waals surface area contributed by atoms with Crippen molar-refractivity contribution in [3.8, 4) is 5.75 Å². The number of carbonyl (C=O) groups excluding carboxylic acids is 2. The maximum atomic E-state index is 12.3. The van der Waals surface area contributed by atoms with Crippen LogP contribution in [0.4, 0.5) is 0 Å². The highest BCUT2D eigenvalue weighted by atomic mass is 79.9. The topological polar surface area (TPSA) is 64.6 Å². The van der Waals surface area contributed by atoms with Gasteiger partial charge in [0, 0.05) is 16.5 Å². The lowest BCUT2D eigenvalue weighted by molar-refractivity contribution is 0.0600. The molecule has 1 atom stereocenters. The van der Waals surface area contributed by atoms with Gasteiger partial charge in [-0.25, -0.2) is 4.79 Å². The lowest BCUT2D eigenvalue weighted by Gasteiger charge is -2.12. The van der Waals surface area contributed by atoms with Crippen LogP contribution in [0, 0.1) is 6.92 Å². The van der Waals surface area contributed by atoms with Gasteiger partial charge in [0.25, 0.3) is 5.91 Å². The molecule has 5 nitrogen and oxygen atoms in total. The molecule has 130 valence electrons. The molecule has 1 aliphatic heterocycles. The van der Waals surface area contributed by atoms with Crippen LogP contribution >= 0.6 is 15.9 Å². The number of hydrogen-bond donors (Lipinski definition) is 1. The number of aryl methyl sites for hydroxylation is 1. The molecule has 6 heteroatoms. The second-order valence-corrected chi connectivity index (χ2v) is 6.79. The summed E-state index contributed by atoms with van der Waals surface area (Å²) >= 11 is 3.42. The zero-order valence-corrected chi connectivity index (χ0v) is 15.6. The number of nitrogens with one attached hydrogen (secondary N) is 1. The molecule has 2 aromatic rings. The summed E-state index contributed by atoms with van der Waals surface area (Å²) in [6, 6.07) is 10.7. The molecular weight excluding hydrogens is 386 g/mol. The molecule has 2 aromatic carbocycles. The standard InChI is InChI=1S/C19H18BrNO4/c1-11-7-12(3-5-16(11)20)18(22)21-10-15-9-14-8-13(19(23)24-2)4-6-17(14)25-15/h3-8,15H,9-10H2,1-2H3,(H,21,22). The Labute approximate surface area is 154 Å². The molecule has 3 rings (SSSR count). The van der Waals surface area contributed by atoms with Gasteiger partial charge in [0.1, 0.15) is 11.9 Å². The minimum Gasteiger partial charge on any atom is -0.488 e. The largest absolute Gasteiger partial charge is 0.488 e. The first-order chi connectivity index (χ1) is 12.0. The van der Waals surface area contributed by atoms with Crippen molar-refractivity contribution < 1.29 is 19.1 Å². The summed E-state index contributed by atoms with van der Waals surface area (Å²) in [5.74, 6) is 0.238. The maximum Gasteiger partial charge on any atom is 0.337 e. The van der Waals surface area contributed by atoms with Gasteiger partial charge in [-0.15, -0.1) is 0 Å². The molecule has 0 saturated carbocycles. The molecule has 0 saturated heterocycles. The van der Waals surface area contributed by atoms with Gasteiger partial charge in [0.05, 0.1) is 19.2 Å². The van der Waals surface area contributed by atoms with Crippen LogP contribution < -0.4 is 10.1 Å². The van der Waals surface area contributed by atoms with Crippen molar-refractivity contribution in [1.29, 1.82) is 0 Å². The Hall–Kier alpha value is -2.34. The SMILES string of the molecule is COC(=O)c1ccc2c(c1)CC(CNC(=O)c1ccc(Br)c(C)c1)O2. The van der Waals surface area contributed by atoms with Gasteiger partial charge in [-0.2, -0.15) is 0 Å². The summed E-state index contributed by atoms with van der Waals surface area (Å²) in [5.41, 5.74) is 3.07. The molecule has 1 unspecified atom stereocenters. The fraction of sp³-hybridized carbons (Fsp3) is 0.263. The minimum atomic E-state index is -0.370. The second-order valence-electron chi connectivity index (χ2n) is 5.93. The van der Waals surface area contributed by atoms with Gasteiger partial charge >= 0.3 is 5.97 Å². The van der Waals surface area contributed by atoms with E-state index in [1.807, 2.05) is 19.1 Å². The van der Waals surface area contributed by atoms with Crippen molar-refractivity contribution in [2.75, 3.05) is 13.7 Å². The summed E-state index contributed by atoms with van der Waals surface area (Å²) < 4.78 is 11.5. The van der Waals surface area contributed by atoms with Gasteiger partial charge in [-0.05, 0) is 54.4 Å². The van der Waals surface area contributed by atoms with Gasteiger partial charge in [0.2, 0.25) is 0 Å². The van der Waals surface area contributed by atoms with E-state index in [1.165, 1.54) is 7.11 Å². The highest BCUT2D eigenvalue weighted by Gasteiger charge is 2.24. The van der Waals surface area contributed by atoms with Gasteiger partial charge in [-0.3, -0.25) is 4.79 Å². The van der Waals surface area contributed by atoms with Gasteiger partial charge in [-0.1, -0.05) is 15.9 Å². The van der Waals surface area contributed by atoms with E-state index in [0.29, 0.717) is 24.1 Å². The first kappa shape index (κ1) is 17.5. The molecule has 1 aliphatic rings. The molecule has 1 amide bonds. The smallest absolute Gasteiger partial charge is 0.337 e. The number of esters is 1. The molecular formula is C19H18BrNO4. The Morgan fingerprint density at radius 3 is 2.72 bits per heavy atom. The van der Waals surface area contributed by atoms with Crippen LogP contribution in [0.3, 0.4) is 0 Å². The normalized spacial score (nSPS) is 15.2. The summed E-state index contributed by atoms with van der Waals surface area (Å²) in [6.07, 6.45) is 0.489. The summed E-state index contributed by atoms with van der Waals surface area (Å²) in [4.78, 5) is 23.9. The number of carbonyl (C=O) groups is 2. The third kappa shape index (κ3) is 3.85. The quantitative estimate of drug-likeness (QED) is 0.795. The minimum absolute atomic E-state index is 0.134. The monoisotopic (exact) mass is 403 g/mol. The van der Waals surface area contributed by atoms with Crippen molar-refractivity contribution in [2.24, 2.45) is 0 Å². The second kappa shape index (κ2) is 7.27. The molecule has 1 N–H and O–H groups in total. The van der Waals surface area contributed by atoms with Crippen LogP contribution in [-0.4, -0.2) is 31.6 Å².